The molecule has 2 rings (SSSR count). The molecule has 0 spiro atoms. The first-order valence-corrected chi connectivity index (χ1v) is 6.98. The molecule has 0 saturated carbocycles. The first kappa shape index (κ1) is 12.9. The monoisotopic (exact) mass is 271 g/mol. The lowest BCUT2D eigenvalue weighted by Gasteiger charge is -2.09. The van der Waals surface area contributed by atoms with Crippen molar-refractivity contribution in [2.24, 2.45) is 5.14 Å². The maximum Gasteiger partial charge on any atom is 0.294 e. The standard InChI is InChI=1S/C10H13N3O4S/c11-18(16,17)9-4-3-7-2-1-5-12-6-8(7)10(9)13(14)15/h3-4,12H,1-2,5-6H2,(H2,11,16,17). The molecule has 1 aromatic carbocycles. The van der Waals surface area contributed by atoms with Gasteiger partial charge in [0.2, 0.25) is 10.0 Å². The van der Waals surface area contributed by atoms with Gasteiger partial charge >= 0.3 is 0 Å². The molecule has 0 unspecified atom stereocenters. The van der Waals surface area contributed by atoms with Crippen molar-refractivity contribution >= 4 is 15.7 Å². The quantitative estimate of drug-likeness (QED) is 0.592. The summed E-state index contributed by atoms with van der Waals surface area (Å²) < 4.78 is 22.8. The SMILES string of the molecule is NS(=O)(=O)c1ccc2c(c1[N+](=O)[O-])CNCCC2. The fourth-order valence-corrected chi connectivity index (χ4v) is 2.86. The van der Waals surface area contributed by atoms with Gasteiger partial charge in [-0.05, 0) is 31.0 Å². The molecular weight excluding hydrogens is 258 g/mol. The van der Waals surface area contributed by atoms with Gasteiger partial charge in [0.1, 0.15) is 0 Å². The van der Waals surface area contributed by atoms with E-state index in [0.29, 0.717) is 12.0 Å². The Morgan fingerprint density at radius 2 is 2.11 bits per heavy atom. The fourth-order valence-electron chi connectivity index (χ4n) is 2.14. The van der Waals surface area contributed by atoms with Gasteiger partial charge in [-0.3, -0.25) is 10.1 Å². The van der Waals surface area contributed by atoms with Crippen molar-refractivity contribution in [3.05, 3.63) is 33.4 Å². The molecule has 1 aliphatic heterocycles. The summed E-state index contributed by atoms with van der Waals surface area (Å²) in [7, 11) is -4.09. The topological polar surface area (TPSA) is 115 Å². The third-order valence-electron chi connectivity index (χ3n) is 2.93. The number of nitrogens with one attached hydrogen (secondary N) is 1. The third kappa shape index (κ3) is 2.35. The molecule has 7 nitrogen and oxygen atoms in total. The van der Waals surface area contributed by atoms with E-state index in [0.717, 1.165) is 18.5 Å². The Hall–Kier alpha value is -1.51. The minimum Gasteiger partial charge on any atom is -0.312 e. The summed E-state index contributed by atoms with van der Waals surface area (Å²) >= 11 is 0. The number of fused-ring (bicyclic) bond motifs is 1. The van der Waals surface area contributed by atoms with Crippen LogP contribution in [0.15, 0.2) is 17.0 Å². The average Bonchev–Trinajstić information content (AvgIpc) is 2.50. The molecule has 1 aromatic rings. The normalized spacial score (nSPS) is 15.8. The van der Waals surface area contributed by atoms with E-state index in [2.05, 4.69) is 5.32 Å². The Labute approximate surface area is 104 Å². The number of rotatable bonds is 2. The molecule has 0 aliphatic carbocycles. The maximum atomic E-state index is 11.4. The fraction of sp³-hybridized carbons (Fsp3) is 0.400. The van der Waals surface area contributed by atoms with E-state index in [1.165, 1.54) is 6.07 Å². The van der Waals surface area contributed by atoms with Crippen LogP contribution in [-0.4, -0.2) is 19.9 Å². The average molecular weight is 271 g/mol. The van der Waals surface area contributed by atoms with Crippen LogP contribution in [0.4, 0.5) is 5.69 Å². The van der Waals surface area contributed by atoms with Crippen LogP contribution < -0.4 is 10.5 Å². The van der Waals surface area contributed by atoms with Gasteiger partial charge in [0, 0.05) is 12.1 Å². The lowest BCUT2D eigenvalue weighted by molar-refractivity contribution is -0.388. The highest BCUT2D eigenvalue weighted by atomic mass is 32.2. The summed E-state index contributed by atoms with van der Waals surface area (Å²) in [4.78, 5) is 10.0. The summed E-state index contributed by atoms with van der Waals surface area (Å²) in [5, 5.41) is 19.2. The summed E-state index contributed by atoms with van der Waals surface area (Å²) in [6.45, 7) is 1.03. The Morgan fingerprint density at radius 3 is 2.72 bits per heavy atom. The van der Waals surface area contributed by atoms with Gasteiger partial charge in [-0.1, -0.05) is 6.07 Å². The van der Waals surface area contributed by atoms with E-state index in [-0.39, 0.29) is 6.54 Å². The van der Waals surface area contributed by atoms with Crippen LogP contribution in [0.25, 0.3) is 0 Å². The van der Waals surface area contributed by atoms with Crippen LogP contribution in [0.2, 0.25) is 0 Å². The van der Waals surface area contributed by atoms with E-state index in [9.17, 15) is 18.5 Å². The second kappa shape index (κ2) is 4.63. The first-order chi connectivity index (χ1) is 8.41. The van der Waals surface area contributed by atoms with Crippen LogP contribution >= 0.6 is 0 Å². The molecule has 1 aliphatic rings. The zero-order valence-corrected chi connectivity index (χ0v) is 10.4. The molecule has 0 aromatic heterocycles. The number of benzene rings is 1. The van der Waals surface area contributed by atoms with Gasteiger partial charge in [0.05, 0.1) is 4.92 Å². The number of nitrogens with two attached hydrogens (primary N) is 1. The van der Waals surface area contributed by atoms with Crippen molar-refractivity contribution in [3.8, 4) is 0 Å². The molecule has 18 heavy (non-hydrogen) atoms. The number of sulfonamides is 1. The van der Waals surface area contributed by atoms with Gasteiger partial charge in [-0.2, -0.15) is 0 Å². The van der Waals surface area contributed by atoms with Crippen LogP contribution in [0.5, 0.6) is 0 Å². The number of nitro benzene ring substituents is 1. The minimum atomic E-state index is -4.09. The third-order valence-corrected chi connectivity index (χ3v) is 3.88. The molecule has 0 bridgehead atoms. The van der Waals surface area contributed by atoms with Gasteiger partial charge in [0.25, 0.3) is 5.69 Å². The van der Waals surface area contributed by atoms with Crippen molar-refractivity contribution in [1.82, 2.24) is 5.32 Å². The van der Waals surface area contributed by atoms with E-state index in [4.69, 9.17) is 5.14 Å². The largest absolute Gasteiger partial charge is 0.312 e. The Bertz CT molecular complexity index is 597. The number of nitrogens with zero attached hydrogens (tertiary/aromatic N) is 1. The molecule has 0 saturated heterocycles. The molecule has 3 N–H and O–H groups in total. The van der Waals surface area contributed by atoms with Crippen LogP contribution in [0.1, 0.15) is 17.5 Å². The molecule has 0 fully saturated rings. The van der Waals surface area contributed by atoms with Crippen molar-refractivity contribution in [3.63, 3.8) is 0 Å². The number of nitro groups is 1. The van der Waals surface area contributed by atoms with Gasteiger partial charge in [-0.15, -0.1) is 0 Å². The van der Waals surface area contributed by atoms with E-state index in [1.54, 1.807) is 6.07 Å². The van der Waals surface area contributed by atoms with Crippen molar-refractivity contribution < 1.29 is 13.3 Å². The summed E-state index contributed by atoms with van der Waals surface area (Å²) in [6.07, 6.45) is 1.55. The van der Waals surface area contributed by atoms with Crippen molar-refractivity contribution in [2.75, 3.05) is 6.54 Å². The Morgan fingerprint density at radius 1 is 1.39 bits per heavy atom. The highest BCUT2D eigenvalue weighted by Crippen LogP contribution is 2.31. The van der Waals surface area contributed by atoms with Crippen LogP contribution in [0, 0.1) is 10.1 Å². The van der Waals surface area contributed by atoms with Crippen LogP contribution in [0.3, 0.4) is 0 Å². The smallest absolute Gasteiger partial charge is 0.294 e. The molecule has 1 heterocycles. The van der Waals surface area contributed by atoms with E-state index >= 15 is 0 Å². The zero-order valence-electron chi connectivity index (χ0n) is 9.55. The van der Waals surface area contributed by atoms with Gasteiger partial charge < -0.3 is 5.32 Å². The van der Waals surface area contributed by atoms with Gasteiger partial charge in [-0.25, -0.2) is 13.6 Å². The Kier molecular flexibility index (Phi) is 3.33. The Balaban J connectivity index is 2.72. The minimum absolute atomic E-state index is 0.287. The lowest BCUT2D eigenvalue weighted by atomic mass is 10.0. The molecule has 98 valence electrons. The predicted octanol–water partition coefficient (Wildman–Crippen LogP) is 0.278. The molecule has 8 heteroatoms. The summed E-state index contributed by atoms with van der Waals surface area (Å²) in [6, 6.07) is 2.83. The molecular formula is C10H13N3O4S. The zero-order chi connectivity index (χ0) is 13.3. The number of hydrogen-bond acceptors (Lipinski definition) is 5. The number of aryl methyl sites for hydroxylation is 1. The second-order valence-electron chi connectivity index (χ2n) is 4.13. The van der Waals surface area contributed by atoms with Crippen LogP contribution in [-0.2, 0) is 23.0 Å². The summed E-state index contributed by atoms with van der Waals surface area (Å²) in [5.41, 5.74) is 0.826. The van der Waals surface area contributed by atoms with Crippen molar-refractivity contribution in [1.29, 1.82) is 0 Å². The summed E-state index contributed by atoms with van der Waals surface area (Å²) in [5.74, 6) is 0. The van der Waals surface area contributed by atoms with E-state index < -0.39 is 25.5 Å². The number of hydrogen-bond donors (Lipinski definition) is 2. The van der Waals surface area contributed by atoms with Gasteiger partial charge in [0.15, 0.2) is 4.90 Å². The highest BCUT2D eigenvalue weighted by molar-refractivity contribution is 7.89. The first-order valence-electron chi connectivity index (χ1n) is 5.44. The van der Waals surface area contributed by atoms with Crippen molar-refractivity contribution in [2.45, 2.75) is 24.3 Å². The lowest BCUT2D eigenvalue weighted by Crippen LogP contribution is -2.18. The highest BCUT2D eigenvalue weighted by Gasteiger charge is 2.29. The van der Waals surface area contributed by atoms with E-state index in [1.807, 2.05) is 0 Å². The maximum absolute atomic E-state index is 11.4. The molecule has 0 amide bonds. The molecule has 0 radical (unpaired) electrons. The predicted molar refractivity (Wildman–Crippen MR) is 64.5 cm³/mol. The number of primary sulfonamides is 1. The molecule has 0 atom stereocenters. The second-order valence-corrected chi connectivity index (χ2v) is 5.66.